The summed E-state index contributed by atoms with van der Waals surface area (Å²) in [5.74, 6) is 0.961. The third-order valence-corrected chi connectivity index (χ3v) is 2.19. The lowest BCUT2D eigenvalue weighted by molar-refractivity contribution is 0.359. The Morgan fingerprint density at radius 2 is 2.07 bits per heavy atom. The summed E-state index contributed by atoms with van der Waals surface area (Å²) in [6.45, 7) is 10.0. The molecule has 0 heterocycles. The molecule has 0 aliphatic rings. The molecule has 15 heavy (non-hydrogen) atoms. The van der Waals surface area contributed by atoms with Crippen LogP contribution in [0.4, 0.5) is 0 Å². The number of aryl methyl sites for hydroxylation is 2. The van der Waals surface area contributed by atoms with Gasteiger partial charge >= 0.3 is 0 Å². The number of allylic oxidation sites excluding steroid dienone is 1. The molecule has 80 valence electrons. The van der Waals surface area contributed by atoms with E-state index in [-0.39, 0.29) is 0 Å². The van der Waals surface area contributed by atoms with E-state index in [1.54, 1.807) is 6.08 Å². The maximum atomic E-state index is 5.59. The van der Waals surface area contributed by atoms with Gasteiger partial charge in [0.1, 0.15) is 12.4 Å². The molecule has 0 N–H and O–H groups in total. The van der Waals surface area contributed by atoms with Gasteiger partial charge in [0, 0.05) is 0 Å². The average molecular weight is 202 g/mol. The Bertz CT molecular complexity index is 339. The van der Waals surface area contributed by atoms with Gasteiger partial charge in [-0.15, -0.1) is 6.58 Å². The number of hydrogen-bond acceptors (Lipinski definition) is 1. The molecular formula is C14H18O. The lowest BCUT2D eigenvalue weighted by atomic mass is 10.1. The average Bonchev–Trinajstić information content (AvgIpc) is 2.25. The molecule has 0 saturated heterocycles. The largest absolute Gasteiger partial charge is 0.489 e. The van der Waals surface area contributed by atoms with Gasteiger partial charge in [0.2, 0.25) is 0 Å². The molecule has 1 rings (SSSR count). The van der Waals surface area contributed by atoms with Crippen molar-refractivity contribution < 1.29 is 4.74 Å². The summed E-state index contributed by atoms with van der Waals surface area (Å²) >= 11 is 0. The lowest BCUT2D eigenvalue weighted by Crippen LogP contribution is -1.97. The van der Waals surface area contributed by atoms with E-state index in [0.29, 0.717) is 6.61 Å². The van der Waals surface area contributed by atoms with Gasteiger partial charge in [-0.05, 0) is 31.4 Å². The van der Waals surface area contributed by atoms with Gasteiger partial charge in [-0.3, -0.25) is 0 Å². The van der Waals surface area contributed by atoms with Crippen molar-refractivity contribution >= 4 is 0 Å². The van der Waals surface area contributed by atoms with Gasteiger partial charge < -0.3 is 4.74 Å². The molecule has 0 saturated carbocycles. The Labute approximate surface area is 92.1 Å². The Morgan fingerprint density at radius 3 is 2.73 bits per heavy atom. The summed E-state index contributed by atoms with van der Waals surface area (Å²) < 4.78 is 5.59. The van der Waals surface area contributed by atoms with Crippen molar-refractivity contribution in [2.24, 2.45) is 0 Å². The van der Waals surface area contributed by atoms with E-state index in [9.17, 15) is 0 Å². The zero-order chi connectivity index (χ0) is 11.1. The topological polar surface area (TPSA) is 9.23 Å². The monoisotopic (exact) mass is 202 g/mol. The van der Waals surface area contributed by atoms with Gasteiger partial charge in [0.25, 0.3) is 0 Å². The fourth-order valence-electron chi connectivity index (χ4n) is 1.45. The second-order valence-corrected chi connectivity index (χ2v) is 3.54. The zero-order valence-electron chi connectivity index (χ0n) is 9.33. The van der Waals surface area contributed by atoms with Crippen LogP contribution in [0.25, 0.3) is 0 Å². The van der Waals surface area contributed by atoms with Crippen LogP contribution in [0.3, 0.4) is 0 Å². The maximum Gasteiger partial charge on any atom is 0.122 e. The molecule has 0 bridgehead atoms. The summed E-state index contributed by atoms with van der Waals surface area (Å²) in [7, 11) is 0. The van der Waals surface area contributed by atoms with Crippen molar-refractivity contribution in [3.63, 3.8) is 0 Å². The van der Waals surface area contributed by atoms with Gasteiger partial charge in [0.15, 0.2) is 0 Å². The molecular weight excluding hydrogens is 184 g/mol. The molecule has 1 aromatic rings. The fourth-order valence-corrected chi connectivity index (χ4v) is 1.45. The van der Waals surface area contributed by atoms with E-state index < -0.39 is 0 Å². The summed E-state index contributed by atoms with van der Waals surface area (Å²) in [5.41, 5.74) is 2.51. The maximum absolute atomic E-state index is 5.59. The molecule has 0 unspecified atom stereocenters. The van der Waals surface area contributed by atoms with Crippen LogP contribution in [-0.2, 0) is 6.42 Å². The van der Waals surface area contributed by atoms with E-state index in [1.807, 2.05) is 12.1 Å². The number of rotatable bonds is 6. The molecule has 1 heteroatoms. The second-order valence-electron chi connectivity index (χ2n) is 3.54. The van der Waals surface area contributed by atoms with Gasteiger partial charge in [-0.25, -0.2) is 0 Å². The summed E-state index contributed by atoms with van der Waals surface area (Å²) in [4.78, 5) is 0. The van der Waals surface area contributed by atoms with Crippen molar-refractivity contribution in [2.75, 3.05) is 6.61 Å². The predicted molar refractivity (Wildman–Crippen MR) is 65.4 cm³/mol. The first-order valence-electron chi connectivity index (χ1n) is 5.22. The highest BCUT2D eigenvalue weighted by Crippen LogP contribution is 2.21. The Balaban J connectivity index is 2.81. The quantitative estimate of drug-likeness (QED) is 0.639. The third-order valence-electron chi connectivity index (χ3n) is 2.19. The predicted octanol–water partition coefficient (Wildman–Crippen LogP) is 3.68. The minimum Gasteiger partial charge on any atom is -0.489 e. The van der Waals surface area contributed by atoms with Crippen LogP contribution in [-0.4, -0.2) is 6.61 Å². The van der Waals surface area contributed by atoms with Crippen LogP contribution < -0.4 is 4.74 Å². The van der Waals surface area contributed by atoms with E-state index in [0.717, 1.165) is 18.6 Å². The number of benzene rings is 1. The molecule has 1 aromatic carbocycles. The Kier molecular flexibility index (Phi) is 4.69. The molecule has 0 aromatic heterocycles. The highest BCUT2D eigenvalue weighted by atomic mass is 16.5. The van der Waals surface area contributed by atoms with Crippen molar-refractivity contribution in [3.8, 4) is 5.75 Å². The van der Waals surface area contributed by atoms with E-state index in [4.69, 9.17) is 4.74 Å². The molecule has 0 aliphatic carbocycles. The van der Waals surface area contributed by atoms with Crippen LogP contribution in [0.1, 0.15) is 17.5 Å². The number of hydrogen-bond donors (Lipinski definition) is 0. The van der Waals surface area contributed by atoms with Crippen LogP contribution >= 0.6 is 0 Å². The Hall–Kier alpha value is -1.50. The molecule has 0 fully saturated rings. The minimum absolute atomic E-state index is 0.560. The zero-order valence-corrected chi connectivity index (χ0v) is 9.33. The molecule has 0 radical (unpaired) electrons. The fraction of sp³-hybridized carbons (Fsp3) is 0.286. The van der Waals surface area contributed by atoms with Crippen LogP contribution in [0.2, 0.25) is 0 Å². The smallest absolute Gasteiger partial charge is 0.122 e. The molecule has 0 atom stereocenters. The highest BCUT2D eigenvalue weighted by Gasteiger charge is 2.02. The van der Waals surface area contributed by atoms with Gasteiger partial charge in [-0.1, -0.05) is 36.4 Å². The molecule has 0 aliphatic heterocycles. The van der Waals surface area contributed by atoms with E-state index in [1.165, 1.54) is 11.1 Å². The minimum atomic E-state index is 0.560. The summed E-state index contributed by atoms with van der Waals surface area (Å²) in [6, 6.07) is 6.26. The molecule has 1 nitrogen and oxygen atoms in total. The SMILES string of the molecule is C=CCCc1cc(C)ccc1OCC=C. The highest BCUT2D eigenvalue weighted by molar-refractivity contribution is 5.37. The van der Waals surface area contributed by atoms with Crippen molar-refractivity contribution in [1.29, 1.82) is 0 Å². The number of ether oxygens (including phenoxy) is 1. The van der Waals surface area contributed by atoms with Gasteiger partial charge in [-0.2, -0.15) is 0 Å². The van der Waals surface area contributed by atoms with Crippen LogP contribution in [0.15, 0.2) is 43.5 Å². The van der Waals surface area contributed by atoms with Crippen molar-refractivity contribution in [3.05, 3.63) is 54.6 Å². The first kappa shape index (κ1) is 11.6. The van der Waals surface area contributed by atoms with Crippen molar-refractivity contribution in [2.45, 2.75) is 19.8 Å². The summed E-state index contributed by atoms with van der Waals surface area (Å²) in [5, 5.41) is 0. The first-order chi connectivity index (χ1) is 7.27. The normalized spacial score (nSPS) is 9.67. The van der Waals surface area contributed by atoms with E-state index >= 15 is 0 Å². The lowest BCUT2D eigenvalue weighted by Gasteiger charge is -2.10. The van der Waals surface area contributed by atoms with Gasteiger partial charge in [0.05, 0.1) is 0 Å². The van der Waals surface area contributed by atoms with E-state index in [2.05, 4.69) is 32.2 Å². The molecule has 0 amide bonds. The van der Waals surface area contributed by atoms with Crippen molar-refractivity contribution in [1.82, 2.24) is 0 Å². The van der Waals surface area contributed by atoms with Crippen LogP contribution in [0.5, 0.6) is 5.75 Å². The Morgan fingerprint density at radius 1 is 1.27 bits per heavy atom. The first-order valence-corrected chi connectivity index (χ1v) is 5.22. The van der Waals surface area contributed by atoms with Crippen LogP contribution in [0, 0.1) is 6.92 Å². The summed E-state index contributed by atoms with van der Waals surface area (Å²) in [6.07, 6.45) is 5.66. The standard InChI is InChI=1S/C14H18O/c1-4-6-7-13-11-12(3)8-9-14(13)15-10-5-2/h4-5,8-9,11H,1-2,6-7,10H2,3H3. The second kappa shape index (κ2) is 6.07. The molecule has 0 spiro atoms. The third kappa shape index (κ3) is 3.62.